The number of anilines is 1. The van der Waals surface area contributed by atoms with Crippen molar-refractivity contribution in [2.75, 3.05) is 44.7 Å². The fourth-order valence-electron chi connectivity index (χ4n) is 4.52. The minimum atomic E-state index is -0.178. The van der Waals surface area contributed by atoms with Gasteiger partial charge in [-0.2, -0.15) is 15.1 Å². The second-order valence-electron chi connectivity index (χ2n) is 9.35. The minimum Gasteiger partial charge on any atom is -0.379 e. The van der Waals surface area contributed by atoms with Crippen LogP contribution in [0.5, 0.6) is 0 Å². The molecule has 5 heterocycles. The van der Waals surface area contributed by atoms with Crippen LogP contribution in [0.1, 0.15) is 42.1 Å². The Balaban J connectivity index is 1.46. The largest absolute Gasteiger partial charge is 0.379 e. The Morgan fingerprint density at radius 2 is 2.00 bits per heavy atom. The van der Waals surface area contributed by atoms with Gasteiger partial charge >= 0.3 is 0 Å². The zero-order chi connectivity index (χ0) is 22.3. The van der Waals surface area contributed by atoms with Crippen molar-refractivity contribution >= 4 is 27.4 Å². The smallest absolute Gasteiger partial charge is 0.254 e. The second kappa shape index (κ2) is 8.70. The molecular formula is C23H32N6O2S. The maximum Gasteiger partial charge on any atom is 0.254 e. The number of morpholine rings is 1. The van der Waals surface area contributed by atoms with Gasteiger partial charge in [-0.25, -0.2) is 4.68 Å². The lowest BCUT2D eigenvalue weighted by Crippen LogP contribution is -2.37. The van der Waals surface area contributed by atoms with E-state index in [-0.39, 0.29) is 5.60 Å². The average Bonchev–Trinajstić information content (AvgIpc) is 3.29. The molecule has 0 aromatic carbocycles. The number of thiophene rings is 1. The van der Waals surface area contributed by atoms with E-state index in [4.69, 9.17) is 19.4 Å². The first-order chi connectivity index (χ1) is 15.4. The summed E-state index contributed by atoms with van der Waals surface area (Å²) >= 11 is 1.72. The molecule has 2 aliphatic rings. The number of nitrogens with zero attached hydrogens (tertiary/aromatic N) is 5. The van der Waals surface area contributed by atoms with Crippen molar-refractivity contribution in [2.24, 2.45) is 0 Å². The molecule has 1 N–H and O–H groups in total. The van der Waals surface area contributed by atoms with E-state index in [1.165, 1.54) is 10.4 Å². The fourth-order valence-corrected chi connectivity index (χ4v) is 5.62. The van der Waals surface area contributed by atoms with Crippen molar-refractivity contribution in [2.45, 2.75) is 52.7 Å². The summed E-state index contributed by atoms with van der Waals surface area (Å²) in [7, 11) is 0. The predicted molar refractivity (Wildman–Crippen MR) is 127 cm³/mol. The number of ether oxygens (including phenoxy) is 2. The second-order valence-corrected chi connectivity index (χ2v) is 10.4. The minimum absolute atomic E-state index is 0.178. The van der Waals surface area contributed by atoms with Crippen LogP contribution in [0, 0.1) is 13.8 Å². The number of rotatable bonds is 6. The van der Waals surface area contributed by atoms with Gasteiger partial charge in [0, 0.05) is 36.6 Å². The van der Waals surface area contributed by atoms with Crippen LogP contribution in [0.2, 0.25) is 0 Å². The van der Waals surface area contributed by atoms with Gasteiger partial charge in [-0.3, -0.25) is 4.90 Å². The number of nitrogens with one attached hydrogen (secondary N) is 1. The van der Waals surface area contributed by atoms with Crippen LogP contribution in [0.25, 0.3) is 16.2 Å². The summed E-state index contributed by atoms with van der Waals surface area (Å²) < 4.78 is 13.4. The molecule has 3 aromatic rings. The molecule has 1 fully saturated rings. The van der Waals surface area contributed by atoms with Gasteiger partial charge in [0.25, 0.3) is 5.95 Å². The van der Waals surface area contributed by atoms with E-state index in [0.717, 1.165) is 79.7 Å². The van der Waals surface area contributed by atoms with E-state index in [1.54, 1.807) is 11.3 Å². The molecule has 0 unspecified atom stereocenters. The number of hydrogen-bond donors (Lipinski definition) is 1. The molecule has 3 aromatic heterocycles. The maximum absolute atomic E-state index is 6.07. The van der Waals surface area contributed by atoms with Gasteiger partial charge in [0.2, 0.25) is 0 Å². The molecule has 9 heteroatoms. The zero-order valence-corrected chi connectivity index (χ0v) is 20.2. The number of hydrogen-bond acceptors (Lipinski definition) is 8. The highest BCUT2D eigenvalue weighted by Crippen LogP contribution is 2.41. The van der Waals surface area contributed by atoms with Crippen molar-refractivity contribution in [1.29, 1.82) is 0 Å². The van der Waals surface area contributed by atoms with Crippen molar-refractivity contribution in [3.05, 3.63) is 27.9 Å². The molecule has 0 saturated carbocycles. The Morgan fingerprint density at radius 3 is 2.75 bits per heavy atom. The van der Waals surface area contributed by atoms with Gasteiger partial charge in [-0.15, -0.1) is 11.3 Å². The highest BCUT2D eigenvalue weighted by atomic mass is 32.1. The summed E-state index contributed by atoms with van der Waals surface area (Å²) in [6.07, 6.45) is 1.93. The molecule has 172 valence electrons. The van der Waals surface area contributed by atoms with Crippen molar-refractivity contribution in [3.8, 4) is 5.95 Å². The molecule has 0 aliphatic carbocycles. The molecule has 8 nitrogen and oxygen atoms in total. The van der Waals surface area contributed by atoms with Gasteiger partial charge in [0.15, 0.2) is 0 Å². The van der Waals surface area contributed by atoms with E-state index in [9.17, 15) is 0 Å². The summed E-state index contributed by atoms with van der Waals surface area (Å²) in [5.41, 5.74) is 3.15. The third kappa shape index (κ3) is 4.39. The fraction of sp³-hybridized carbons (Fsp3) is 0.609. The van der Waals surface area contributed by atoms with Crippen LogP contribution in [-0.4, -0.2) is 69.6 Å². The Hall–Kier alpha value is -2.07. The highest BCUT2D eigenvalue weighted by Gasteiger charge is 2.31. The first-order valence-corrected chi connectivity index (χ1v) is 12.3. The van der Waals surface area contributed by atoms with Crippen LogP contribution in [0.4, 0.5) is 5.82 Å². The molecule has 0 spiro atoms. The Labute approximate surface area is 192 Å². The third-order valence-electron chi connectivity index (χ3n) is 6.17. The van der Waals surface area contributed by atoms with Crippen molar-refractivity contribution in [3.63, 3.8) is 0 Å². The lowest BCUT2D eigenvalue weighted by atomic mass is 9.94. The Morgan fingerprint density at radius 1 is 1.19 bits per heavy atom. The first kappa shape index (κ1) is 21.8. The van der Waals surface area contributed by atoms with E-state index >= 15 is 0 Å². The molecule has 32 heavy (non-hydrogen) atoms. The van der Waals surface area contributed by atoms with E-state index in [2.05, 4.69) is 35.2 Å². The third-order valence-corrected chi connectivity index (χ3v) is 7.26. The number of aryl methyl sites for hydroxylation is 2. The van der Waals surface area contributed by atoms with Gasteiger partial charge in [0.05, 0.1) is 36.5 Å². The molecule has 1 saturated heterocycles. The quantitative estimate of drug-likeness (QED) is 0.569. The number of aromatic nitrogens is 4. The molecule has 5 rings (SSSR count). The molecule has 0 radical (unpaired) electrons. The van der Waals surface area contributed by atoms with E-state index < -0.39 is 0 Å². The van der Waals surface area contributed by atoms with Gasteiger partial charge < -0.3 is 14.8 Å². The maximum atomic E-state index is 6.07. The Kier molecular flexibility index (Phi) is 5.92. The Bertz CT molecular complexity index is 1120. The zero-order valence-electron chi connectivity index (χ0n) is 19.4. The first-order valence-electron chi connectivity index (χ1n) is 11.4. The standard InChI is InChI=1S/C23H32N6O2S/c1-15-12-16(2)29(27-15)22-25-20(24-6-5-7-28-8-10-30-11-9-28)19-17-13-23(3,4)31-14-18(17)32-21(19)26-22/h12H,5-11,13-14H2,1-4H3,(H,24,25,26). The van der Waals surface area contributed by atoms with Crippen LogP contribution >= 0.6 is 11.3 Å². The topological polar surface area (TPSA) is 77.3 Å². The summed E-state index contributed by atoms with van der Waals surface area (Å²) in [5, 5.41) is 9.41. The molecule has 0 atom stereocenters. The lowest BCUT2D eigenvalue weighted by Gasteiger charge is -2.30. The number of fused-ring (bicyclic) bond motifs is 3. The van der Waals surface area contributed by atoms with Crippen LogP contribution in [0.3, 0.4) is 0 Å². The molecule has 0 amide bonds. The van der Waals surface area contributed by atoms with Crippen LogP contribution < -0.4 is 5.32 Å². The predicted octanol–water partition coefficient (Wildman–Crippen LogP) is 3.48. The van der Waals surface area contributed by atoms with Crippen molar-refractivity contribution < 1.29 is 9.47 Å². The van der Waals surface area contributed by atoms with Gasteiger partial charge in [0.1, 0.15) is 10.6 Å². The van der Waals surface area contributed by atoms with E-state index in [0.29, 0.717) is 12.6 Å². The van der Waals surface area contributed by atoms with Crippen LogP contribution in [0.15, 0.2) is 6.07 Å². The SMILES string of the molecule is Cc1cc(C)n(-c2nc(NCCCN3CCOCC3)c3c4c(sc3n2)COC(C)(C)C4)n1. The normalized spacial score (nSPS) is 18.8. The summed E-state index contributed by atoms with van der Waals surface area (Å²) in [5.74, 6) is 1.53. The monoisotopic (exact) mass is 456 g/mol. The van der Waals surface area contributed by atoms with Crippen LogP contribution in [-0.2, 0) is 22.5 Å². The average molecular weight is 457 g/mol. The lowest BCUT2D eigenvalue weighted by molar-refractivity contribution is -0.0379. The van der Waals surface area contributed by atoms with Crippen molar-refractivity contribution in [1.82, 2.24) is 24.6 Å². The molecule has 2 aliphatic heterocycles. The highest BCUT2D eigenvalue weighted by molar-refractivity contribution is 7.19. The van der Waals surface area contributed by atoms with Gasteiger partial charge in [-0.1, -0.05) is 0 Å². The summed E-state index contributed by atoms with van der Waals surface area (Å²) in [4.78, 5) is 14.6. The summed E-state index contributed by atoms with van der Waals surface area (Å²) in [6.45, 7) is 14.6. The molecular weight excluding hydrogens is 424 g/mol. The van der Waals surface area contributed by atoms with E-state index in [1.807, 2.05) is 18.5 Å². The van der Waals surface area contributed by atoms with Gasteiger partial charge in [-0.05, 0) is 52.3 Å². The molecule has 0 bridgehead atoms. The summed E-state index contributed by atoms with van der Waals surface area (Å²) in [6, 6.07) is 2.05.